The summed E-state index contributed by atoms with van der Waals surface area (Å²) in [6.07, 6.45) is 5.83. The van der Waals surface area contributed by atoms with Crippen molar-refractivity contribution in [1.29, 1.82) is 0 Å². The van der Waals surface area contributed by atoms with Gasteiger partial charge >= 0.3 is 0 Å². The molecule has 0 saturated heterocycles. The van der Waals surface area contributed by atoms with Gasteiger partial charge in [0, 0.05) is 11.8 Å². The highest BCUT2D eigenvalue weighted by molar-refractivity contribution is 5.76. The minimum Gasteiger partial charge on any atom is -0.369 e. The predicted octanol–water partition coefficient (Wildman–Crippen LogP) is 0.629. The first-order valence-electron chi connectivity index (χ1n) is 4.76. The van der Waals surface area contributed by atoms with Gasteiger partial charge in [0.25, 0.3) is 0 Å². The Kier molecular flexibility index (Phi) is 2.47. The zero-order chi connectivity index (χ0) is 9.97. The molecule has 0 atom stereocenters. The first-order chi connectivity index (χ1) is 6.77. The summed E-state index contributed by atoms with van der Waals surface area (Å²) in [7, 11) is 0. The van der Waals surface area contributed by atoms with Gasteiger partial charge in [-0.05, 0) is 25.7 Å². The Hall–Kier alpha value is -1.39. The number of amides is 1. The summed E-state index contributed by atoms with van der Waals surface area (Å²) in [5.74, 6) is 0.746. The molecule has 1 aromatic heterocycles. The summed E-state index contributed by atoms with van der Waals surface area (Å²) in [6.45, 7) is 0. The minimum atomic E-state index is -0.194. The van der Waals surface area contributed by atoms with Crippen molar-refractivity contribution in [2.75, 3.05) is 0 Å². The van der Waals surface area contributed by atoms with Crippen LogP contribution in [0, 0.1) is 12.2 Å². The van der Waals surface area contributed by atoms with E-state index in [2.05, 4.69) is 16.5 Å². The fraction of sp³-hybridized carbons (Fsp3) is 0.667. The lowest BCUT2D eigenvalue weighted by molar-refractivity contribution is -0.122. The van der Waals surface area contributed by atoms with Crippen molar-refractivity contribution < 1.29 is 9.32 Å². The largest absolute Gasteiger partial charge is 0.369 e. The van der Waals surface area contributed by atoms with E-state index in [9.17, 15) is 4.79 Å². The van der Waals surface area contributed by atoms with Crippen molar-refractivity contribution >= 4 is 5.91 Å². The molecule has 2 N–H and O–H groups in total. The molecule has 1 radical (unpaired) electrons. The van der Waals surface area contributed by atoms with Gasteiger partial charge in [0.15, 0.2) is 0 Å². The van der Waals surface area contributed by atoms with E-state index < -0.39 is 0 Å². The number of hydrogen-bond donors (Lipinski definition) is 1. The fourth-order valence-electron chi connectivity index (χ4n) is 1.95. The van der Waals surface area contributed by atoms with Gasteiger partial charge in [-0.25, -0.2) is 0 Å². The molecule has 2 rings (SSSR count). The van der Waals surface area contributed by atoms with Crippen molar-refractivity contribution in [3.8, 4) is 0 Å². The Bertz CT molecular complexity index is 302. The van der Waals surface area contributed by atoms with Gasteiger partial charge in [0.05, 0.1) is 0 Å². The molecule has 1 saturated carbocycles. The van der Waals surface area contributed by atoms with E-state index in [0.29, 0.717) is 5.89 Å². The smallest absolute Gasteiger partial charge is 0.243 e. The predicted molar refractivity (Wildman–Crippen MR) is 47.0 cm³/mol. The molecule has 1 aliphatic rings. The summed E-state index contributed by atoms with van der Waals surface area (Å²) in [4.78, 5) is 14.8. The van der Waals surface area contributed by atoms with Crippen molar-refractivity contribution in [2.45, 2.75) is 31.6 Å². The average molecular weight is 194 g/mol. The molecule has 1 heterocycles. The number of carbonyl (C=O) groups is 1. The van der Waals surface area contributed by atoms with E-state index in [4.69, 9.17) is 10.3 Å². The molecule has 1 amide bonds. The standard InChI is InChI=1S/C9H12N3O2/c10-8(13)6-1-3-7(4-2-6)9-11-5-12-14-9/h6-7H,1-4H2,(H2,10,13). The minimum absolute atomic E-state index is 0.0261. The van der Waals surface area contributed by atoms with Gasteiger partial charge < -0.3 is 10.3 Å². The van der Waals surface area contributed by atoms with Crippen LogP contribution in [-0.4, -0.2) is 16.0 Å². The second kappa shape index (κ2) is 3.77. The van der Waals surface area contributed by atoms with Crippen LogP contribution in [0.2, 0.25) is 0 Å². The molecule has 0 aromatic carbocycles. The highest BCUT2D eigenvalue weighted by atomic mass is 16.5. The number of hydrogen-bond acceptors (Lipinski definition) is 4. The number of aromatic nitrogens is 2. The van der Waals surface area contributed by atoms with E-state index in [1.165, 1.54) is 0 Å². The van der Waals surface area contributed by atoms with Crippen LogP contribution in [-0.2, 0) is 4.79 Å². The molecular formula is C9H12N3O2. The summed E-state index contributed by atoms with van der Waals surface area (Å²) < 4.78 is 4.94. The van der Waals surface area contributed by atoms with Crippen LogP contribution in [0.4, 0.5) is 0 Å². The maximum atomic E-state index is 10.9. The third-order valence-electron chi connectivity index (χ3n) is 2.82. The second-order valence-corrected chi connectivity index (χ2v) is 3.68. The van der Waals surface area contributed by atoms with E-state index in [-0.39, 0.29) is 17.7 Å². The maximum absolute atomic E-state index is 10.9. The van der Waals surface area contributed by atoms with E-state index in [1.807, 2.05) is 0 Å². The summed E-state index contributed by atoms with van der Waals surface area (Å²) in [5.41, 5.74) is 5.23. The monoisotopic (exact) mass is 194 g/mol. The molecule has 75 valence electrons. The second-order valence-electron chi connectivity index (χ2n) is 3.68. The Morgan fingerprint density at radius 2 is 2.14 bits per heavy atom. The lowest BCUT2D eigenvalue weighted by Crippen LogP contribution is -2.27. The summed E-state index contributed by atoms with van der Waals surface area (Å²) in [5, 5.41) is 3.45. The summed E-state index contributed by atoms with van der Waals surface area (Å²) >= 11 is 0. The van der Waals surface area contributed by atoms with Gasteiger partial charge in [0.2, 0.25) is 18.1 Å². The molecule has 1 aliphatic carbocycles. The fourth-order valence-corrected chi connectivity index (χ4v) is 1.95. The molecule has 1 fully saturated rings. The van der Waals surface area contributed by atoms with E-state index in [0.717, 1.165) is 25.7 Å². The van der Waals surface area contributed by atoms with Crippen LogP contribution in [0.3, 0.4) is 0 Å². The van der Waals surface area contributed by atoms with Gasteiger partial charge in [0.1, 0.15) is 0 Å². The Balaban J connectivity index is 1.93. The van der Waals surface area contributed by atoms with Crippen molar-refractivity contribution in [3.05, 3.63) is 12.2 Å². The van der Waals surface area contributed by atoms with Crippen molar-refractivity contribution in [1.82, 2.24) is 10.1 Å². The van der Waals surface area contributed by atoms with Gasteiger partial charge in [-0.1, -0.05) is 5.16 Å². The highest BCUT2D eigenvalue weighted by Gasteiger charge is 2.28. The molecule has 5 heteroatoms. The van der Waals surface area contributed by atoms with Crippen LogP contribution in [0.15, 0.2) is 4.52 Å². The SMILES string of the molecule is NC(=O)C1CCC(c2n[c]no2)CC1. The Morgan fingerprint density at radius 1 is 1.43 bits per heavy atom. The van der Waals surface area contributed by atoms with Crippen LogP contribution in [0.25, 0.3) is 0 Å². The Morgan fingerprint density at radius 3 is 2.64 bits per heavy atom. The quantitative estimate of drug-likeness (QED) is 0.748. The molecule has 0 bridgehead atoms. The summed E-state index contributed by atoms with van der Waals surface area (Å²) in [6, 6.07) is 0. The number of nitrogens with two attached hydrogens (primary N) is 1. The van der Waals surface area contributed by atoms with Crippen LogP contribution < -0.4 is 5.73 Å². The zero-order valence-electron chi connectivity index (χ0n) is 7.77. The van der Waals surface area contributed by atoms with E-state index in [1.54, 1.807) is 0 Å². The number of nitrogens with zero attached hydrogens (tertiary/aromatic N) is 2. The van der Waals surface area contributed by atoms with Crippen molar-refractivity contribution in [2.24, 2.45) is 11.7 Å². The number of rotatable bonds is 2. The Labute approximate surface area is 81.7 Å². The molecule has 14 heavy (non-hydrogen) atoms. The maximum Gasteiger partial charge on any atom is 0.243 e. The lowest BCUT2D eigenvalue weighted by atomic mass is 9.81. The molecule has 0 aliphatic heterocycles. The average Bonchev–Trinajstić information content (AvgIpc) is 2.71. The van der Waals surface area contributed by atoms with Crippen LogP contribution in [0.5, 0.6) is 0 Å². The molecule has 0 unspecified atom stereocenters. The third kappa shape index (κ3) is 1.76. The first-order valence-corrected chi connectivity index (χ1v) is 4.76. The van der Waals surface area contributed by atoms with Gasteiger partial charge in [-0.3, -0.25) is 4.79 Å². The van der Waals surface area contributed by atoms with Crippen LogP contribution in [0.1, 0.15) is 37.5 Å². The topological polar surface area (TPSA) is 82.0 Å². The van der Waals surface area contributed by atoms with Gasteiger partial charge in [-0.15, -0.1) is 0 Å². The highest BCUT2D eigenvalue weighted by Crippen LogP contribution is 2.34. The third-order valence-corrected chi connectivity index (χ3v) is 2.82. The van der Waals surface area contributed by atoms with Crippen LogP contribution >= 0.6 is 0 Å². The first kappa shape index (κ1) is 9.18. The lowest BCUT2D eigenvalue weighted by Gasteiger charge is -2.23. The molecule has 0 spiro atoms. The number of carbonyl (C=O) groups excluding carboxylic acids is 1. The number of primary amides is 1. The normalized spacial score (nSPS) is 27.4. The van der Waals surface area contributed by atoms with Crippen molar-refractivity contribution in [3.63, 3.8) is 0 Å². The van der Waals surface area contributed by atoms with Gasteiger partial charge in [-0.2, -0.15) is 4.98 Å². The van der Waals surface area contributed by atoms with E-state index >= 15 is 0 Å². The zero-order valence-corrected chi connectivity index (χ0v) is 7.77. The molecule has 1 aromatic rings. The molecule has 5 nitrogen and oxygen atoms in total. The molecular weight excluding hydrogens is 182 g/mol.